The summed E-state index contributed by atoms with van der Waals surface area (Å²) in [6.07, 6.45) is 0. The minimum absolute atomic E-state index is 0.373. The van der Waals surface area contributed by atoms with Crippen LogP contribution in [0.1, 0.15) is 37.5 Å². The molecule has 0 saturated heterocycles. The molecule has 0 heterocycles. The molecule has 0 spiro atoms. The molecule has 0 aliphatic carbocycles. The second kappa shape index (κ2) is 4.13. The second-order valence-corrected chi connectivity index (χ2v) is 12.2. The van der Waals surface area contributed by atoms with Gasteiger partial charge in [0.1, 0.15) is 0 Å². The van der Waals surface area contributed by atoms with Gasteiger partial charge in [0.2, 0.25) is 0 Å². The predicted molar refractivity (Wildman–Crippen MR) is 68.0 cm³/mol. The molecule has 0 aliphatic heterocycles. The molecule has 0 amide bonds. The average molecular weight is 287 g/mol. The molecule has 90 valence electrons. The molecule has 0 saturated carbocycles. The molecule has 16 heavy (non-hydrogen) atoms. The third-order valence-electron chi connectivity index (χ3n) is 2.93. The zero-order chi connectivity index (χ0) is 12.7. The van der Waals surface area contributed by atoms with E-state index in [2.05, 4.69) is 0 Å². The summed E-state index contributed by atoms with van der Waals surface area (Å²) in [6.45, 7) is 10.5. The van der Waals surface area contributed by atoms with E-state index in [9.17, 15) is 7.00 Å². The van der Waals surface area contributed by atoms with Crippen molar-refractivity contribution in [2.75, 3.05) is 0 Å². The second-order valence-electron chi connectivity index (χ2n) is 5.60. The summed E-state index contributed by atoms with van der Waals surface area (Å²) in [5.74, 6) is 0. The molecule has 0 fully saturated rings. The summed E-state index contributed by atoms with van der Waals surface area (Å²) >= 11 is -4.95. The fourth-order valence-electron chi connectivity index (χ4n) is 2.05. The molecule has 0 atom stereocenters. The molecule has 0 nitrogen and oxygen atoms in total. The fraction of sp³-hybridized carbons (Fsp3) is 0.538. The standard InChI is InChI=1S/C13H20F2Ge/c1-9-7-10(2)12(11(3)8-9)16(14,15)13(4,5)6/h7-8H,1-6H3. The molecule has 0 bridgehead atoms. The third-order valence-corrected chi connectivity index (χ3v) is 9.86. The Morgan fingerprint density at radius 3 is 1.62 bits per heavy atom. The van der Waals surface area contributed by atoms with Crippen molar-refractivity contribution < 1.29 is 7.00 Å². The quantitative estimate of drug-likeness (QED) is 0.685. The summed E-state index contributed by atoms with van der Waals surface area (Å²) in [6, 6.07) is 3.74. The molecule has 1 rings (SSSR count). The van der Waals surface area contributed by atoms with Gasteiger partial charge in [-0.15, -0.1) is 0 Å². The van der Waals surface area contributed by atoms with Crippen LogP contribution in [0.25, 0.3) is 0 Å². The zero-order valence-electron chi connectivity index (χ0n) is 10.9. The molecule has 1 aromatic carbocycles. The van der Waals surface area contributed by atoms with Crippen LogP contribution in [0.2, 0.25) is 4.25 Å². The van der Waals surface area contributed by atoms with Crippen LogP contribution in [0.15, 0.2) is 12.1 Å². The van der Waals surface area contributed by atoms with Crippen molar-refractivity contribution in [3.63, 3.8) is 0 Å². The van der Waals surface area contributed by atoms with Crippen molar-refractivity contribution in [2.45, 2.75) is 45.8 Å². The van der Waals surface area contributed by atoms with Crippen LogP contribution in [-0.2, 0) is 0 Å². The molecule has 0 aliphatic rings. The van der Waals surface area contributed by atoms with Crippen LogP contribution in [0.5, 0.6) is 0 Å². The van der Waals surface area contributed by atoms with E-state index in [4.69, 9.17) is 0 Å². The van der Waals surface area contributed by atoms with Gasteiger partial charge < -0.3 is 0 Å². The van der Waals surface area contributed by atoms with E-state index in [1.165, 1.54) is 0 Å². The number of halogens is 2. The van der Waals surface area contributed by atoms with Crippen LogP contribution >= 0.6 is 0 Å². The third kappa shape index (κ3) is 2.31. The Morgan fingerprint density at radius 1 is 0.938 bits per heavy atom. The monoisotopic (exact) mass is 288 g/mol. The van der Waals surface area contributed by atoms with E-state index in [-0.39, 0.29) is 0 Å². The van der Waals surface area contributed by atoms with Crippen molar-refractivity contribution in [3.8, 4) is 0 Å². The maximum atomic E-state index is 14.5. The molecule has 0 aromatic heterocycles. The maximum absolute atomic E-state index is 14.5. The van der Waals surface area contributed by atoms with Gasteiger partial charge in [0.15, 0.2) is 0 Å². The minimum atomic E-state index is -4.95. The normalized spacial score (nSPS) is 13.0. The van der Waals surface area contributed by atoms with Crippen molar-refractivity contribution in [3.05, 3.63) is 28.8 Å². The van der Waals surface area contributed by atoms with Crippen molar-refractivity contribution in [1.82, 2.24) is 0 Å². The number of benzene rings is 1. The number of hydrogen-bond acceptors (Lipinski definition) is 0. The Hall–Kier alpha value is -0.377. The van der Waals surface area contributed by atoms with Crippen LogP contribution < -0.4 is 4.40 Å². The van der Waals surface area contributed by atoms with Gasteiger partial charge in [-0.05, 0) is 0 Å². The first kappa shape index (κ1) is 13.7. The summed E-state index contributed by atoms with van der Waals surface area (Å²) in [5, 5.41) is 0. The van der Waals surface area contributed by atoms with E-state index in [1.807, 2.05) is 19.1 Å². The number of hydrogen-bond donors (Lipinski definition) is 0. The first-order chi connectivity index (χ1) is 7.07. The zero-order valence-corrected chi connectivity index (χ0v) is 13.0. The molecule has 0 N–H and O–H groups in total. The van der Waals surface area contributed by atoms with Gasteiger partial charge in [0.25, 0.3) is 0 Å². The van der Waals surface area contributed by atoms with Crippen molar-refractivity contribution in [2.24, 2.45) is 0 Å². The Balaban J connectivity index is 3.45. The predicted octanol–water partition coefficient (Wildman–Crippen LogP) is 4.00. The van der Waals surface area contributed by atoms with Crippen molar-refractivity contribution in [1.29, 1.82) is 0 Å². The summed E-state index contributed by atoms with van der Waals surface area (Å²) in [5.41, 5.74) is 2.58. The van der Waals surface area contributed by atoms with Gasteiger partial charge in [-0.2, -0.15) is 0 Å². The molecular formula is C13H20F2Ge. The van der Waals surface area contributed by atoms with Crippen molar-refractivity contribution >= 4 is 18.6 Å². The van der Waals surface area contributed by atoms with Gasteiger partial charge in [-0.3, -0.25) is 0 Å². The van der Waals surface area contributed by atoms with Gasteiger partial charge in [-0.25, -0.2) is 0 Å². The Kier molecular flexibility index (Phi) is 3.54. The molecule has 0 unspecified atom stereocenters. The van der Waals surface area contributed by atoms with Crippen LogP contribution in [-0.4, -0.2) is 14.2 Å². The Bertz CT molecular complexity index is 380. The molecular weight excluding hydrogens is 267 g/mol. The SMILES string of the molecule is Cc1cc(C)[c]([Ge]([F])([F])[C](C)(C)C)c(C)c1. The van der Waals surface area contributed by atoms with Gasteiger partial charge >= 0.3 is 100 Å². The summed E-state index contributed by atoms with van der Waals surface area (Å²) < 4.78 is 28.5. The topological polar surface area (TPSA) is 0 Å². The van der Waals surface area contributed by atoms with Gasteiger partial charge in [0, 0.05) is 0 Å². The van der Waals surface area contributed by atoms with E-state index in [0.717, 1.165) is 16.7 Å². The average Bonchev–Trinajstić information content (AvgIpc) is 1.97. The fourth-order valence-corrected chi connectivity index (χ4v) is 6.00. The van der Waals surface area contributed by atoms with Crippen LogP contribution in [0, 0.1) is 20.8 Å². The van der Waals surface area contributed by atoms with E-state index in [1.54, 1.807) is 34.6 Å². The Labute approximate surface area is 100 Å². The van der Waals surface area contributed by atoms with Crippen LogP contribution in [0.3, 0.4) is 0 Å². The molecule has 0 radical (unpaired) electrons. The Morgan fingerprint density at radius 2 is 1.31 bits per heavy atom. The van der Waals surface area contributed by atoms with Gasteiger partial charge in [0.05, 0.1) is 0 Å². The summed E-state index contributed by atoms with van der Waals surface area (Å²) in [4.78, 5) is 0. The summed E-state index contributed by atoms with van der Waals surface area (Å²) in [7, 11) is 0. The van der Waals surface area contributed by atoms with E-state index >= 15 is 0 Å². The molecule has 3 heteroatoms. The first-order valence-corrected chi connectivity index (χ1v) is 9.22. The first-order valence-electron chi connectivity index (χ1n) is 5.53. The number of rotatable bonds is 1. The van der Waals surface area contributed by atoms with Crippen LogP contribution in [0.4, 0.5) is 7.00 Å². The van der Waals surface area contributed by atoms with Gasteiger partial charge in [-0.1, -0.05) is 0 Å². The molecule has 1 aromatic rings. The number of aryl methyl sites for hydroxylation is 3. The van der Waals surface area contributed by atoms with E-state index in [0.29, 0.717) is 4.40 Å². The van der Waals surface area contributed by atoms with E-state index < -0.39 is 18.4 Å².